The van der Waals surface area contributed by atoms with Gasteiger partial charge in [-0.1, -0.05) is 6.07 Å². The molecule has 30 heavy (non-hydrogen) atoms. The van der Waals surface area contributed by atoms with Crippen molar-refractivity contribution < 1.29 is 24.1 Å². The molecule has 1 N–H and O–H groups in total. The number of hydrogen-bond donors (Lipinski definition) is 1. The number of carbonyl (C=O) groups is 1. The van der Waals surface area contributed by atoms with Crippen molar-refractivity contribution >= 4 is 27.5 Å². The first-order chi connectivity index (χ1) is 14.5. The van der Waals surface area contributed by atoms with Gasteiger partial charge >= 0.3 is 11.7 Å². The summed E-state index contributed by atoms with van der Waals surface area (Å²) in [5.74, 6) is 0.666. The van der Waals surface area contributed by atoms with Crippen LogP contribution in [0.5, 0.6) is 11.5 Å². The average molecular weight is 432 g/mol. The van der Waals surface area contributed by atoms with Gasteiger partial charge < -0.3 is 19.3 Å². The minimum absolute atomic E-state index is 0.136. The van der Waals surface area contributed by atoms with E-state index in [0.29, 0.717) is 21.9 Å². The monoisotopic (exact) mass is 432 g/mol. The third kappa shape index (κ3) is 3.27. The lowest BCUT2D eigenvalue weighted by molar-refractivity contribution is 0.0531. The van der Waals surface area contributed by atoms with E-state index in [1.165, 1.54) is 4.57 Å². The van der Waals surface area contributed by atoms with Gasteiger partial charge in [-0.3, -0.25) is 13.9 Å². The number of nitrogens with zero attached hydrogens (tertiary/aromatic N) is 2. The first kappa shape index (κ1) is 20.2. The zero-order chi connectivity index (χ0) is 21.4. The number of aromatic nitrogens is 2. The van der Waals surface area contributed by atoms with Crippen LogP contribution in [0.3, 0.4) is 0 Å². The van der Waals surface area contributed by atoms with E-state index >= 15 is 0 Å². The molecular formula is C20H20N2O7S. The third-order valence-electron chi connectivity index (χ3n) is 4.86. The molecule has 9 nitrogen and oxygen atoms in total. The Balaban J connectivity index is 1.92. The van der Waals surface area contributed by atoms with E-state index in [-0.39, 0.29) is 43.4 Å². The maximum absolute atomic E-state index is 13.1. The molecule has 0 unspecified atom stereocenters. The Morgan fingerprint density at radius 3 is 2.73 bits per heavy atom. The van der Waals surface area contributed by atoms with Crippen LogP contribution in [0.15, 0.2) is 27.8 Å². The molecule has 0 saturated heterocycles. The van der Waals surface area contributed by atoms with Crippen molar-refractivity contribution in [2.75, 3.05) is 20.0 Å². The molecule has 2 aromatic heterocycles. The van der Waals surface area contributed by atoms with Gasteiger partial charge in [0.15, 0.2) is 11.5 Å². The van der Waals surface area contributed by atoms with Crippen molar-refractivity contribution in [1.82, 2.24) is 9.13 Å². The van der Waals surface area contributed by atoms with Crippen molar-refractivity contribution in [2.24, 2.45) is 0 Å². The normalized spacial score (nSPS) is 12.5. The van der Waals surface area contributed by atoms with Gasteiger partial charge in [0.2, 0.25) is 6.79 Å². The molecule has 0 saturated carbocycles. The number of hydrogen-bond acceptors (Lipinski definition) is 8. The van der Waals surface area contributed by atoms with Crippen LogP contribution in [0.25, 0.3) is 10.2 Å². The number of aryl methyl sites for hydroxylation is 1. The standard InChI is InChI=1S/C20H20N2O7S/c1-3-27-19(25)16-11(2)15-17(24)21(6-7-23)20(26)22(18(15)30-16)9-12-4-5-13-14(8-12)29-10-28-13/h4-5,8,23H,3,6-7,9-10H2,1-2H3. The lowest BCUT2D eigenvalue weighted by atomic mass is 10.2. The molecule has 1 aliphatic rings. The van der Waals surface area contributed by atoms with Gasteiger partial charge in [0.05, 0.1) is 31.7 Å². The second kappa shape index (κ2) is 7.96. The van der Waals surface area contributed by atoms with Crippen LogP contribution in [0.4, 0.5) is 0 Å². The third-order valence-corrected chi connectivity index (χ3v) is 6.15. The van der Waals surface area contributed by atoms with Crippen LogP contribution >= 0.6 is 11.3 Å². The highest BCUT2D eigenvalue weighted by Gasteiger charge is 2.24. The zero-order valence-corrected chi connectivity index (χ0v) is 17.3. The van der Waals surface area contributed by atoms with E-state index in [4.69, 9.17) is 14.2 Å². The Bertz CT molecular complexity index is 1250. The molecule has 158 valence electrons. The minimum atomic E-state index is -0.559. The summed E-state index contributed by atoms with van der Waals surface area (Å²) in [5.41, 5.74) is 0.135. The Labute approximate surface area is 174 Å². The quantitative estimate of drug-likeness (QED) is 0.588. The largest absolute Gasteiger partial charge is 0.462 e. The van der Waals surface area contributed by atoms with E-state index in [1.54, 1.807) is 32.0 Å². The van der Waals surface area contributed by atoms with Crippen LogP contribution in [0.2, 0.25) is 0 Å². The van der Waals surface area contributed by atoms with Crippen molar-refractivity contribution in [3.8, 4) is 11.5 Å². The molecule has 0 fully saturated rings. The molecule has 0 radical (unpaired) electrons. The minimum Gasteiger partial charge on any atom is -0.462 e. The van der Waals surface area contributed by atoms with Crippen molar-refractivity contribution in [1.29, 1.82) is 0 Å². The summed E-state index contributed by atoms with van der Waals surface area (Å²) in [6.45, 7) is 3.34. The number of benzene rings is 1. The summed E-state index contributed by atoms with van der Waals surface area (Å²) in [6, 6.07) is 5.34. The predicted molar refractivity (Wildman–Crippen MR) is 110 cm³/mol. The highest BCUT2D eigenvalue weighted by atomic mass is 32.1. The molecule has 0 atom stereocenters. The van der Waals surface area contributed by atoms with E-state index in [1.807, 2.05) is 0 Å². The summed E-state index contributed by atoms with van der Waals surface area (Å²) in [6.07, 6.45) is 0. The molecular weight excluding hydrogens is 412 g/mol. The Hall–Kier alpha value is -3.11. The average Bonchev–Trinajstić information content (AvgIpc) is 3.32. The van der Waals surface area contributed by atoms with Gasteiger partial charge in [0.25, 0.3) is 5.56 Å². The summed E-state index contributed by atoms with van der Waals surface area (Å²) < 4.78 is 18.2. The number of rotatable bonds is 6. The Kier molecular flexibility index (Phi) is 5.35. The van der Waals surface area contributed by atoms with Gasteiger partial charge in [0, 0.05) is 0 Å². The summed E-state index contributed by atoms with van der Waals surface area (Å²) in [7, 11) is 0. The maximum Gasteiger partial charge on any atom is 0.348 e. The molecule has 4 rings (SSSR count). The van der Waals surface area contributed by atoms with Crippen molar-refractivity contribution in [2.45, 2.75) is 26.9 Å². The first-order valence-electron chi connectivity index (χ1n) is 9.39. The van der Waals surface area contributed by atoms with Crippen LogP contribution in [-0.4, -0.2) is 40.2 Å². The van der Waals surface area contributed by atoms with E-state index < -0.39 is 17.2 Å². The highest BCUT2D eigenvalue weighted by Crippen LogP contribution is 2.33. The fraction of sp³-hybridized carbons (Fsp3) is 0.350. The molecule has 3 aromatic rings. The van der Waals surface area contributed by atoms with Crippen molar-refractivity contribution in [3.05, 3.63) is 55.0 Å². The SMILES string of the molecule is CCOC(=O)c1sc2c(c1C)c(=O)n(CCO)c(=O)n2Cc1ccc2c(c1)OCO2. The number of thiophene rings is 1. The molecule has 0 aliphatic carbocycles. The van der Waals surface area contributed by atoms with E-state index in [0.717, 1.165) is 21.5 Å². The highest BCUT2D eigenvalue weighted by molar-refractivity contribution is 7.20. The Morgan fingerprint density at radius 2 is 2.00 bits per heavy atom. The molecule has 3 heterocycles. The summed E-state index contributed by atoms with van der Waals surface area (Å²) in [4.78, 5) is 39.1. The second-order valence-corrected chi connectivity index (χ2v) is 7.69. The van der Waals surface area contributed by atoms with Gasteiger partial charge in [-0.15, -0.1) is 11.3 Å². The van der Waals surface area contributed by atoms with Gasteiger partial charge in [-0.2, -0.15) is 0 Å². The number of esters is 1. The van der Waals surface area contributed by atoms with E-state index in [2.05, 4.69) is 0 Å². The van der Waals surface area contributed by atoms with Gasteiger partial charge in [0.1, 0.15) is 9.71 Å². The van der Waals surface area contributed by atoms with Gasteiger partial charge in [-0.25, -0.2) is 9.59 Å². The van der Waals surface area contributed by atoms with Crippen molar-refractivity contribution in [3.63, 3.8) is 0 Å². The second-order valence-electron chi connectivity index (χ2n) is 6.69. The lowest BCUT2D eigenvalue weighted by Crippen LogP contribution is -2.40. The van der Waals surface area contributed by atoms with Crippen LogP contribution in [0.1, 0.15) is 27.7 Å². The number of carbonyl (C=O) groups excluding carboxylic acids is 1. The van der Waals surface area contributed by atoms with E-state index in [9.17, 15) is 19.5 Å². The molecule has 0 amide bonds. The predicted octanol–water partition coefficient (Wildman–Crippen LogP) is 1.48. The van der Waals surface area contributed by atoms with Crippen LogP contribution in [0, 0.1) is 6.92 Å². The van der Waals surface area contributed by atoms with Gasteiger partial charge in [-0.05, 0) is 37.1 Å². The first-order valence-corrected chi connectivity index (χ1v) is 10.2. The zero-order valence-electron chi connectivity index (χ0n) is 16.5. The molecule has 1 aromatic carbocycles. The van der Waals surface area contributed by atoms with Crippen LogP contribution in [-0.2, 0) is 17.8 Å². The fourth-order valence-electron chi connectivity index (χ4n) is 3.44. The molecule has 1 aliphatic heterocycles. The maximum atomic E-state index is 13.1. The number of aliphatic hydroxyl groups excluding tert-OH is 1. The van der Waals surface area contributed by atoms with Crippen LogP contribution < -0.4 is 20.7 Å². The topological polar surface area (TPSA) is 109 Å². The summed E-state index contributed by atoms with van der Waals surface area (Å²) >= 11 is 1.06. The smallest absolute Gasteiger partial charge is 0.348 e. The molecule has 0 spiro atoms. The number of fused-ring (bicyclic) bond motifs is 2. The Morgan fingerprint density at radius 1 is 1.23 bits per heavy atom. The number of ether oxygens (including phenoxy) is 3. The molecule has 10 heteroatoms. The lowest BCUT2D eigenvalue weighted by Gasteiger charge is -2.12. The molecule has 0 bridgehead atoms. The summed E-state index contributed by atoms with van der Waals surface area (Å²) in [5, 5.41) is 9.62. The fourth-order valence-corrected chi connectivity index (χ4v) is 4.63. The number of aliphatic hydroxyl groups is 1.